The number of hydrogen-bond donors (Lipinski definition) is 1. The quantitative estimate of drug-likeness (QED) is 0.708. The van der Waals surface area contributed by atoms with Gasteiger partial charge in [0.2, 0.25) is 0 Å². The van der Waals surface area contributed by atoms with Gasteiger partial charge in [0.05, 0.1) is 16.4 Å². The summed E-state index contributed by atoms with van der Waals surface area (Å²) in [5.41, 5.74) is 0.398. The van der Waals surface area contributed by atoms with Crippen LogP contribution in [0, 0.1) is 0 Å². The highest BCUT2D eigenvalue weighted by Gasteiger charge is 2.15. The molecule has 2 aromatic carbocycles. The molecule has 0 bridgehead atoms. The van der Waals surface area contributed by atoms with Gasteiger partial charge in [-0.3, -0.25) is 4.72 Å². The number of hydrogen-bond acceptors (Lipinski definition) is 5. The number of sulfone groups is 1. The van der Waals surface area contributed by atoms with E-state index in [0.717, 1.165) is 19.1 Å². The van der Waals surface area contributed by atoms with Crippen LogP contribution in [0.1, 0.15) is 19.8 Å². The van der Waals surface area contributed by atoms with Crippen molar-refractivity contribution in [1.82, 2.24) is 0 Å². The van der Waals surface area contributed by atoms with Crippen LogP contribution in [0.25, 0.3) is 0 Å². The molecule has 0 atom stereocenters. The lowest BCUT2D eigenvalue weighted by Crippen LogP contribution is -2.13. The van der Waals surface area contributed by atoms with E-state index in [4.69, 9.17) is 4.74 Å². The Morgan fingerprint density at radius 3 is 1.96 bits per heavy atom. The van der Waals surface area contributed by atoms with E-state index < -0.39 is 19.9 Å². The standard InChI is InChI=1S/C17H21NO5S2/c1-3-4-13-23-15-7-5-14(6-8-15)18-25(21,22)17-11-9-16(10-12-17)24(2,19)20/h5-12,18H,3-4,13H2,1-2H3. The third-order valence-corrected chi connectivity index (χ3v) is 5.96. The number of ether oxygens (including phenoxy) is 1. The average molecular weight is 383 g/mol. The Hall–Kier alpha value is -2.06. The molecule has 0 fully saturated rings. The number of anilines is 1. The van der Waals surface area contributed by atoms with E-state index in [1.165, 1.54) is 24.3 Å². The lowest BCUT2D eigenvalue weighted by atomic mass is 10.3. The highest BCUT2D eigenvalue weighted by molar-refractivity contribution is 7.92. The van der Waals surface area contributed by atoms with E-state index in [-0.39, 0.29) is 9.79 Å². The smallest absolute Gasteiger partial charge is 0.261 e. The molecule has 0 saturated heterocycles. The molecule has 0 aliphatic heterocycles. The molecule has 8 heteroatoms. The van der Waals surface area contributed by atoms with E-state index in [1.54, 1.807) is 24.3 Å². The van der Waals surface area contributed by atoms with E-state index in [2.05, 4.69) is 11.6 Å². The molecule has 0 radical (unpaired) electrons. The van der Waals surface area contributed by atoms with Crippen molar-refractivity contribution in [2.75, 3.05) is 17.6 Å². The van der Waals surface area contributed by atoms with Gasteiger partial charge in [-0.25, -0.2) is 16.8 Å². The van der Waals surface area contributed by atoms with Crippen LogP contribution in [0.4, 0.5) is 5.69 Å². The molecule has 2 aromatic rings. The Labute approximate surface area is 148 Å². The second-order valence-corrected chi connectivity index (χ2v) is 9.27. The Morgan fingerprint density at radius 1 is 0.880 bits per heavy atom. The van der Waals surface area contributed by atoms with Crippen LogP contribution in [0.15, 0.2) is 58.3 Å². The topological polar surface area (TPSA) is 89.5 Å². The zero-order valence-corrected chi connectivity index (χ0v) is 15.7. The highest BCUT2D eigenvalue weighted by Crippen LogP contribution is 2.21. The van der Waals surface area contributed by atoms with Gasteiger partial charge in [-0.1, -0.05) is 13.3 Å². The summed E-state index contributed by atoms with van der Waals surface area (Å²) in [6.07, 6.45) is 3.06. The second-order valence-electron chi connectivity index (χ2n) is 5.58. The number of unbranched alkanes of at least 4 members (excludes halogenated alkanes) is 1. The number of nitrogens with one attached hydrogen (secondary N) is 1. The molecular formula is C17H21NO5S2. The molecular weight excluding hydrogens is 362 g/mol. The van der Waals surface area contributed by atoms with Crippen molar-refractivity contribution >= 4 is 25.5 Å². The summed E-state index contributed by atoms with van der Waals surface area (Å²) in [6, 6.07) is 11.7. The Balaban J connectivity index is 2.10. The van der Waals surface area contributed by atoms with Gasteiger partial charge in [0, 0.05) is 11.9 Å². The fourth-order valence-electron chi connectivity index (χ4n) is 2.03. The van der Waals surface area contributed by atoms with Crippen LogP contribution in [0.2, 0.25) is 0 Å². The Kier molecular flexibility index (Phi) is 6.07. The third kappa shape index (κ3) is 5.47. The minimum absolute atomic E-state index is 0.0110. The lowest BCUT2D eigenvalue weighted by molar-refractivity contribution is 0.309. The summed E-state index contributed by atoms with van der Waals surface area (Å²) >= 11 is 0. The molecule has 0 aliphatic carbocycles. The normalized spacial score (nSPS) is 11.9. The maximum Gasteiger partial charge on any atom is 0.261 e. The first kappa shape index (κ1) is 19.3. The van der Waals surface area contributed by atoms with Crippen LogP contribution >= 0.6 is 0 Å². The van der Waals surface area contributed by atoms with Crippen LogP contribution in [-0.2, 0) is 19.9 Å². The van der Waals surface area contributed by atoms with E-state index in [0.29, 0.717) is 18.0 Å². The van der Waals surface area contributed by atoms with E-state index in [9.17, 15) is 16.8 Å². The first-order chi connectivity index (χ1) is 11.7. The fourth-order valence-corrected chi connectivity index (χ4v) is 3.72. The zero-order chi connectivity index (χ0) is 18.5. The second kappa shape index (κ2) is 7.88. The molecule has 1 N–H and O–H groups in total. The molecule has 6 nitrogen and oxygen atoms in total. The Bertz CT molecular complexity index is 903. The van der Waals surface area contributed by atoms with Crippen molar-refractivity contribution in [3.63, 3.8) is 0 Å². The van der Waals surface area contributed by atoms with Crippen molar-refractivity contribution in [2.45, 2.75) is 29.6 Å². The molecule has 136 valence electrons. The number of rotatable bonds is 8. The van der Waals surface area contributed by atoms with Gasteiger partial charge in [0.1, 0.15) is 5.75 Å². The van der Waals surface area contributed by atoms with Gasteiger partial charge in [-0.15, -0.1) is 0 Å². The van der Waals surface area contributed by atoms with Crippen LogP contribution in [-0.4, -0.2) is 29.7 Å². The Morgan fingerprint density at radius 2 is 1.44 bits per heavy atom. The van der Waals surface area contributed by atoms with Crippen LogP contribution in [0.5, 0.6) is 5.75 Å². The molecule has 0 saturated carbocycles. The van der Waals surface area contributed by atoms with Crippen LogP contribution < -0.4 is 9.46 Å². The van der Waals surface area contributed by atoms with E-state index in [1.807, 2.05) is 0 Å². The largest absolute Gasteiger partial charge is 0.494 e. The third-order valence-electron chi connectivity index (χ3n) is 3.44. The zero-order valence-electron chi connectivity index (χ0n) is 14.1. The number of benzene rings is 2. The minimum atomic E-state index is -3.79. The van der Waals surface area contributed by atoms with Crippen molar-refractivity contribution in [2.24, 2.45) is 0 Å². The van der Waals surface area contributed by atoms with Crippen molar-refractivity contribution in [3.05, 3.63) is 48.5 Å². The number of sulfonamides is 1. The fraction of sp³-hybridized carbons (Fsp3) is 0.294. The van der Waals surface area contributed by atoms with Crippen LogP contribution in [0.3, 0.4) is 0 Å². The molecule has 0 amide bonds. The van der Waals surface area contributed by atoms with Gasteiger partial charge < -0.3 is 4.74 Å². The summed E-state index contributed by atoms with van der Waals surface area (Å²) in [5.74, 6) is 0.675. The van der Waals surface area contributed by atoms with Gasteiger partial charge in [0.15, 0.2) is 9.84 Å². The summed E-state index contributed by atoms with van der Waals surface area (Å²) in [7, 11) is -7.16. The summed E-state index contributed by atoms with van der Waals surface area (Å²) in [5, 5.41) is 0. The molecule has 0 unspecified atom stereocenters. The molecule has 0 spiro atoms. The van der Waals surface area contributed by atoms with Gasteiger partial charge in [0.25, 0.3) is 10.0 Å². The average Bonchev–Trinajstić information content (AvgIpc) is 2.56. The van der Waals surface area contributed by atoms with Gasteiger partial charge in [-0.2, -0.15) is 0 Å². The van der Waals surface area contributed by atoms with Gasteiger partial charge in [-0.05, 0) is 55.0 Å². The van der Waals surface area contributed by atoms with Crippen molar-refractivity contribution in [1.29, 1.82) is 0 Å². The monoisotopic (exact) mass is 383 g/mol. The maximum atomic E-state index is 12.4. The molecule has 0 heterocycles. The van der Waals surface area contributed by atoms with Gasteiger partial charge >= 0.3 is 0 Å². The molecule has 2 rings (SSSR count). The first-order valence-electron chi connectivity index (χ1n) is 7.78. The molecule has 25 heavy (non-hydrogen) atoms. The van der Waals surface area contributed by atoms with E-state index >= 15 is 0 Å². The minimum Gasteiger partial charge on any atom is -0.494 e. The highest BCUT2D eigenvalue weighted by atomic mass is 32.2. The van der Waals surface area contributed by atoms with Crippen molar-refractivity contribution < 1.29 is 21.6 Å². The maximum absolute atomic E-state index is 12.4. The summed E-state index contributed by atoms with van der Waals surface area (Å²) < 4.78 is 55.6. The summed E-state index contributed by atoms with van der Waals surface area (Å²) in [4.78, 5) is 0.0585. The predicted octanol–water partition coefficient (Wildman–Crippen LogP) is 3.07. The lowest BCUT2D eigenvalue weighted by Gasteiger charge is -2.10. The molecule has 0 aliphatic rings. The predicted molar refractivity (Wildman–Crippen MR) is 97.2 cm³/mol. The molecule has 0 aromatic heterocycles. The SMILES string of the molecule is CCCCOc1ccc(NS(=O)(=O)c2ccc(S(C)(=O)=O)cc2)cc1. The van der Waals surface area contributed by atoms with Crippen molar-refractivity contribution in [3.8, 4) is 5.75 Å². The summed E-state index contributed by atoms with van der Waals surface area (Å²) in [6.45, 7) is 2.69. The first-order valence-corrected chi connectivity index (χ1v) is 11.2.